The summed E-state index contributed by atoms with van der Waals surface area (Å²) in [5.74, 6) is 0.622. The van der Waals surface area contributed by atoms with Crippen molar-refractivity contribution in [2.45, 2.75) is 0 Å². The van der Waals surface area contributed by atoms with Gasteiger partial charge in [-0.15, -0.1) is 0 Å². The summed E-state index contributed by atoms with van der Waals surface area (Å²) in [6, 6.07) is 6.34. The molecule has 0 unspecified atom stereocenters. The van der Waals surface area contributed by atoms with Gasteiger partial charge in [-0.25, -0.2) is 4.39 Å². The molecule has 82 valence electrons. The van der Waals surface area contributed by atoms with Gasteiger partial charge < -0.3 is 4.74 Å². The van der Waals surface area contributed by atoms with E-state index >= 15 is 0 Å². The first kappa shape index (κ1) is 11.5. The van der Waals surface area contributed by atoms with Gasteiger partial charge in [-0.2, -0.15) is 0 Å². The summed E-state index contributed by atoms with van der Waals surface area (Å²) in [4.78, 5) is 3.95. The summed E-state index contributed by atoms with van der Waals surface area (Å²) in [6.07, 6.45) is 3.21. The molecule has 0 radical (unpaired) electrons. The Morgan fingerprint density at radius 1 is 1.06 bits per heavy atom. The van der Waals surface area contributed by atoms with Crippen LogP contribution in [-0.2, 0) is 0 Å². The van der Waals surface area contributed by atoms with Crippen LogP contribution >= 0.6 is 31.9 Å². The number of ether oxygens (including phenoxy) is 1. The van der Waals surface area contributed by atoms with Crippen LogP contribution in [0.1, 0.15) is 0 Å². The molecule has 0 aliphatic rings. The molecule has 0 saturated heterocycles. The molecule has 2 rings (SSSR count). The lowest BCUT2D eigenvalue weighted by atomic mass is 10.3. The van der Waals surface area contributed by atoms with Crippen LogP contribution in [0.15, 0.2) is 45.6 Å². The van der Waals surface area contributed by atoms with Gasteiger partial charge in [0, 0.05) is 16.7 Å². The monoisotopic (exact) mass is 345 g/mol. The van der Waals surface area contributed by atoms with E-state index in [4.69, 9.17) is 4.74 Å². The molecule has 0 aliphatic carbocycles. The third-order valence-corrected chi connectivity index (χ3v) is 2.88. The Morgan fingerprint density at radius 3 is 2.56 bits per heavy atom. The molecule has 1 aromatic heterocycles. The van der Waals surface area contributed by atoms with Crippen molar-refractivity contribution in [2.75, 3.05) is 0 Å². The number of hydrogen-bond acceptors (Lipinski definition) is 2. The standard InChI is InChI=1S/C11H6Br2FNO/c12-7-3-9(6-15-5-7)16-8-1-2-10(13)11(14)4-8/h1-6H. The minimum absolute atomic E-state index is 0.361. The van der Waals surface area contributed by atoms with Crippen LogP contribution in [0.5, 0.6) is 11.5 Å². The Hall–Kier alpha value is -0.940. The van der Waals surface area contributed by atoms with Gasteiger partial charge in [0.05, 0.1) is 10.7 Å². The molecular weight excluding hydrogens is 341 g/mol. The van der Waals surface area contributed by atoms with Crippen molar-refractivity contribution in [1.29, 1.82) is 0 Å². The minimum atomic E-state index is -0.361. The van der Waals surface area contributed by atoms with Crippen LogP contribution in [0, 0.1) is 5.82 Å². The van der Waals surface area contributed by atoms with Crippen molar-refractivity contribution >= 4 is 31.9 Å². The van der Waals surface area contributed by atoms with Crippen molar-refractivity contribution in [3.63, 3.8) is 0 Å². The molecule has 16 heavy (non-hydrogen) atoms. The number of aromatic nitrogens is 1. The minimum Gasteiger partial charge on any atom is -0.456 e. The zero-order chi connectivity index (χ0) is 11.5. The number of nitrogens with zero attached hydrogens (tertiary/aromatic N) is 1. The van der Waals surface area contributed by atoms with Crippen LogP contribution in [0.3, 0.4) is 0 Å². The number of halogens is 3. The molecule has 0 atom stereocenters. The summed E-state index contributed by atoms with van der Waals surface area (Å²) in [5, 5.41) is 0. The molecule has 1 aromatic carbocycles. The lowest BCUT2D eigenvalue weighted by Crippen LogP contribution is -1.87. The summed E-state index contributed by atoms with van der Waals surface area (Å²) in [5.41, 5.74) is 0. The highest BCUT2D eigenvalue weighted by Gasteiger charge is 2.03. The largest absolute Gasteiger partial charge is 0.456 e. The first-order chi connectivity index (χ1) is 7.65. The fourth-order valence-corrected chi connectivity index (χ4v) is 1.72. The zero-order valence-corrected chi connectivity index (χ0v) is 11.1. The van der Waals surface area contributed by atoms with E-state index in [1.54, 1.807) is 30.6 Å². The summed E-state index contributed by atoms with van der Waals surface area (Å²) in [7, 11) is 0. The van der Waals surface area contributed by atoms with E-state index in [2.05, 4.69) is 36.8 Å². The van der Waals surface area contributed by atoms with E-state index in [9.17, 15) is 4.39 Å². The van der Waals surface area contributed by atoms with E-state index in [1.807, 2.05) is 0 Å². The highest BCUT2D eigenvalue weighted by atomic mass is 79.9. The van der Waals surface area contributed by atoms with Crippen LogP contribution in [-0.4, -0.2) is 4.98 Å². The predicted molar refractivity (Wildman–Crippen MR) is 66.1 cm³/mol. The summed E-state index contributed by atoms with van der Waals surface area (Å²) >= 11 is 6.35. The lowest BCUT2D eigenvalue weighted by Gasteiger charge is -2.05. The molecular formula is C11H6Br2FNO. The molecule has 0 amide bonds. The van der Waals surface area contributed by atoms with Crippen molar-refractivity contribution in [3.05, 3.63) is 51.4 Å². The van der Waals surface area contributed by atoms with Crippen molar-refractivity contribution in [3.8, 4) is 11.5 Å². The lowest BCUT2D eigenvalue weighted by molar-refractivity contribution is 0.473. The number of benzene rings is 1. The Kier molecular flexibility index (Phi) is 3.56. The third kappa shape index (κ3) is 2.80. The quantitative estimate of drug-likeness (QED) is 0.796. The van der Waals surface area contributed by atoms with Gasteiger partial charge in [-0.1, -0.05) is 0 Å². The summed E-state index contributed by atoms with van der Waals surface area (Å²) in [6.45, 7) is 0. The van der Waals surface area contributed by atoms with Gasteiger partial charge in [-0.3, -0.25) is 4.98 Å². The average Bonchev–Trinajstić information content (AvgIpc) is 2.24. The van der Waals surface area contributed by atoms with Crippen molar-refractivity contribution in [2.24, 2.45) is 0 Å². The molecule has 0 fully saturated rings. The first-order valence-electron chi connectivity index (χ1n) is 4.38. The van der Waals surface area contributed by atoms with E-state index in [-0.39, 0.29) is 5.82 Å². The predicted octanol–water partition coefficient (Wildman–Crippen LogP) is 4.54. The number of rotatable bonds is 2. The highest BCUT2D eigenvalue weighted by molar-refractivity contribution is 9.10. The normalized spacial score (nSPS) is 10.2. The molecule has 2 nitrogen and oxygen atoms in total. The summed E-state index contributed by atoms with van der Waals surface area (Å²) < 4.78 is 19.9. The van der Waals surface area contributed by atoms with Gasteiger partial charge >= 0.3 is 0 Å². The van der Waals surface area contributed by atoms with Gasteiger partial charge in [0.25, 0.3) is 0 Å². The molecule has 5 heteroatoms. The highest BCUT2D eigenvalue weighted by Crippen LogP contribution is 2.26. The van der Waals surface area contributed by atoms with E-state index < -0.39 is 0 Å². The Morgan fingerprint density at radius 2 is 1.88 bits per heavy atom. The first-order valence-corrected chi connectivity index (χ1v) is 5.97. The molecule has 0 aliphatic heterocycles. The van der Waals surface area contributed by atoms with E-state index in [1.165, 1.54) is 6.07 Å². The molecule has 0 bridgehead atoms. The van der Waals surface area contributed by atoms with E-state index in [0.717, 1.165) is 4.47 Å². The van der Waals surface area contributed by atoms with Crippen LogP contribution < -0.4 is 4.74 Å². The Labute approximate surface area is 109 Å². The van der Waals surface area contributed by atoms with Gasteiger partial charge in [0.1, 0.15) is 17.3 Å². The fraction of sp³-hybridized carbons (Fsp3) is 0. The van der Waals surface area contributed by atoms with Gasteiger partial charge in [0.15, 0.2) is 0 Å². The van der Waals surface area contributed by atoms with Crippen molar-refractivity contribution < 1.29 is 9.13 Å². The second-order valence-corrected chi connectivity index (χ2v) is 4.79. The molecule has 1 heterocycles. The maximum absolute atomic E-state index is 13.2. The Balaban J connectivity index is 2.24. The maximum Gasteiger partial charge on any atom is 0.146 e. The number of pyridine rings is 1. The molecule has 0 N–H and O–H groups in total. The molecule has 0 spiro atoms. The third-order valence-electron chi connectivity index (χ3n) is 1.81. The SMILES string of the molecule is Fc1cc(Oc2cncc(Br)c2)ccc1Br. The maximum atomic E-state index is 13.2. The molecule has 2 aromatic rings. The topological polar surface area (TPSA) is 22.1 Å². The van der Waals surface area contributed by atoms with Crippen LogP contribution in [0.25, 0.3) is 0 Å². The van der Waals surface area contributed by atoms with E-state index in [0.29, 0.717) is 16.0 Å². The van der Waals surface area contributed by atoms with Gasteiger partial charge in [0.2, 0.25) is 0 Å². The zero-order valence-electron chi connectivity index (χ0n) is 7.95. The second-order valence-electron chi connectivity index (χ2n) is 3.02. The van der Waals surface area contributed by atoms with Crippen LogP contribution in [0.2, 0.25) is 0 Å². The smallest absolute Gasteiger partial charge is 0.146 e. The van der Waals surface area contributed by atoms with Crippen molar-refractivity contribution in [1.82, 2.24) is 4.98 Å². The average molecular weight is 347 g/mol. The fourth-order valence-electron chi connectivity index (χ4n) is 1.12. The molecule has 0 saturated carbocycles. The second kappa shape index (κ2) is 4.93. The Bertz CT molecular complexity index is 519. The van der Waals surface area contributed by atoms with Gasteiger partial charge in [-0.05, 0) is 50.1 Å². The number of hydrogen-bond donors (Lipinski definition) is 0. The van der Waals surface area contributed by atoms with Crippen LogP contribution in [0.4, 0.5) is 4.39 Å².